The predicted molar refractivity (Wildman–Crippen MR) is 93.2 cm³/mol. The van der Waals surface area contributed by atoms with E-state index in [9.17, 15) is 4.79 Å². The maximum atomic E-state index is 11.6. The van der Waals surface area contributed by atoms with Crippen LogP contribution >= 0.6 is 11.8 Å². The van der Waals surface area contributed by atoms with Gasteiger partial charge >= 0.3 is 0 Å². The van der Waals surface area contributed by atoms with Gasteiger partial charge in [0.15, 0.2) is 5.82 Å². The molecule has 22 heavy (non-hydrogen) atoms. The average Bonchev–Trinajstić information content (AvgIpc) is 2.44. The molecule has 1 aromatic rings. The molecule has 0 unspecified atom stereocenters. The lowest BCUT2D eigenvalue weighted by Gasteiger charge is -2.30. The minimum absolute atomic E-state index is 0.0424. The highest BCUT2D eigenvalue weighted by Gasteiger charge is 2.13. The topological polar surface area (TPSA) is 58.1 Å². The number of carbonyl (C=O) groups is 1. The molecule has 124 valence electrons. The van der Waals surface area contributed by atoms with Crippen molar-refractivity contribution in [3.05, 3.63) is 12.1 Å². The van der Waals surface area contributed by atoms with Crippen molar-refractivity contribution in [3.63, 3.8) is 0 Å². The van der Waals surface area contributed by atoms with Crippen LogP contribution < -0.4 is 5.32 Å². The molecule has 6 heteroatoms. The summed E-state index contributed by atoms with van der Waals surface area (Å²) in [6.45, 7) is 13.6. The molecule has 0 saturated heterocycles. The molecule has 0 aliphatic heterocycles. The minimum Gasteiger partial charge on any atom is -0.309 e. The van der Waals surface area contributed by atoms with Crippen LogP contribution in [0.2, 0.25) is 0 Å². The Morgan fingerprint density at radius 3 is 2.23 bits per heavy atom. The molecule has 1 heterocycles. The predicted octanol–water partition coefficient (Wildman–Crippen LogP) is 3.28. The first-order chi connectivity index (χ1) is 10.3. The lowest BCUT2D eigenvalue weighted by molar-refractivity contribution is -0.118. The molecule has 0 atom stereocenters. The number of rotatable bonds is 8. The van der Waals surface area contributed by atoms with Crippen LogP contribution in [0.15, 0.2) is 17.2 Å². The van der Waals surface area contributed by atoms with Gasteiger partial charge in [-0.1, -0.05) is 13.8 Å². The number of aromatic nitrogens is 2. The van der Waals surface area contributed by atoms with E-state index in [4.69, 9.17) is 0 Å². The number of anilines is 1. The van der Waals surface area contributed by atoms with Crippen molar-refractivity contribution >= 4 is 23.5 Å². The maximum Gasteiger partial charge on any atom is 0.228 e. The highest BCUT2D eigenvalue weighted by atomic mass is 32.2. The third-order valence-corrected chi connectivity index (χ3v) is 4.24. The van der Waals surface area contributed by atoms with Gasteiger partial charge in [0, 0.05) is 30.3 Å². The number of thioether (sulfide) groups is 1. The largest absolute Gasteiger partial charge is 0.309 e. The Labute approximate surface area is 138 Å². The van der Waals surface area contributed by atoms with E-state index in [1.54, 1.807) is 17.8 Å². The molecule has 1 aromatic heterocycles. The summed E-state index contributed by atoms with van der Waals surface area (Å²) in [6.07, 6.45) is 0. The quantitative estimate of drug-likeness (QED) is 0.744. The Morgan fingerprint density at radius 2 is 1.77 bits per heavy atom. The minimum atomic E-state index is -0.0612. The molecule has 1 N–H and O–H groups in total. The molecule has 0 saturated carbocycles. The van der Waals surface area contributed by atoms with Crippen LogP contribution in [0.25, 0.3) is 0 Å². The van der Waals surface area contributed by atoms with E-state index in [1.165, 1.54) is 0 Å². The molecular weight excluding hydrogens is 296 g/mol. The lowest BCUT2D eigenvalue weighted by atomic mass is 10.2. The third kappa shape index (κ3) is 6.32. The fraction of sp³-hybridized carbons (Fsp3) is 0.688. The molecule has 0 aliphatic rings. The van der Waals surface area contributed by atoms with Crippen molar-refractivity contribution in [2.24, 2.45) is 5.92 Å². The van der Waals surface area contributed by atoms with Gasteiger partial charge < -0.3 is 5.32 Å². The molecular formula is C16H28N4OS. The van der Waals surface area contributed by atoms with E-state index in [-0.39, 0.29) is 11.8 Å². The molecule has 5 nitrogen and oxygen atoms in total. The summed E-state index contributed by atoms with van der Waals surface area (Å²) < 4.78 is 0. The maximum absolute atomic E-state index is 11.6. The van der Waals surface area contributed by atoms with Crippen molar-refractivity contribution in [3.8, 4) is 0 Å². The normalized spacial score (nSPS) is 11.7. The van der Waals surface area contributed by atoms with Crippen LogP contribution in [0.4, 0.5) is 5.82 Å². The Morgan fingerprint density at radius 1 is 1.14 bits per heavy atom. The Kier molecular flexibility index (Phi) is 7.82. The first-order valence-corrected chi connectivity index (χ1v) is 8.83. The van der Waals surface area contributed by atoms with E-state index in [0.717, 1.165) is 17.3 Å². The molecule has 0 fully saturated rings. The highest BCUT2D eigenvalue weighted by molar-refractivity contribution is 7.99. The summed E-state index contributed by atoms with van der Waals surface area (Å²) in [5.41, 5.74) is 0. The fourth-order valence-corrected chi connectivity index (χ4v) is 2.88. The van der Waals surface area contributed by atoms with Crippen LogP contribution in [0.1, 0.15) is 41.5 Å². The van der Waals surface area contributed by atoms with Crippen LogP contribution in [-0.4, -0.2) is 45.4 Å². The summed E-state index contributed by atoms with van der Waals surface area (Å²) >= 11 is 1.69. The van der Waals surface area contributed by atoms with Crippen molar-refractivity contribution in [2.75, 3.05) is 17.6 Å². The first-order valence-electron chi connectivity index (χ1n) is 7.84. The molecule has 0 radical (unpaired) electrons. The molecule has 0 aromatic carbocycles. The SMILES string of the molecule is CC(C)C(=O)Nc1ccc(SCCN(C(C)C)C(C)C)nn1. The van der Waals surface area contributed by atoms with E-state index >= 15 is 0 Å². The van der Waals surface area contributed by atoms with Gasteiger partial charge in [-0.05, 0) is 39.8 Å². The van der Waals surface area contributed by atoms with Crippen molar-refractivity contribution in [1.29, 1.82) is 0 Å². The molecule has 0 spiro atoms. The number of hydrogen-bond donors (Lipinski definition) is 1. The van der Waals surface area contributed by atoms with E-state index in [2.05, 4.69) is 48.1 Å². The van der Waals surface area contributed by atoms with Crippen molar-refractivity contribution < 1.29 is 4.79 Å². The van der Waals surface area contributed by atoms with Gasteiger partial charge in [-0.3, -0.25) is 9.69 Å². The average molecular weight is 324 g/mol. The van der Waals surface area contributed by atoms with Gasteiger partial charge in [0.2, 0.25) is 5.91 Å². The first kappa shape index (κ1) is 18.9. The number of nitrogens with one attached hydrogen (secondary N) is 1. The lowest BCUT2D eigenvalue weighted by Crippen LogP contribution is -2.38. The van der Waals surface area contributed by atoms with Crippen LogP contribution in [0.3, 0.4) is 0 Å². The van der Waals surface area contributed by atoms with Crippen LogP contribution in [0.5, 0.6) is 0 Å². The summed E-state index contributed by atoms with van der Waals surface area (Å²) in [4.78, 5) is 14.0. The van der Waals surface area contributed by atoms with Gasteiger partial charge in [-0.2, -0.15) is 0 Å². The highest BCUT2D eigenvalue weighted by Crippen LogP contribution is 2.17. The smallest absolute Gasteiger partial charge is 0.228 e. The molecule has 1 rings (SSSR count). The van der Waals surface area contributed by atoms with Gasteiger partial charge in [0.1, 0.15) is 5.03 Å². The van der Waals surface area contributed by atoms with Gasteiger partial charge in [-0.15, -0.1) is 22.0 Å². The van der Waals surface area contributed by atoms with Gasteiger partial charge in [-0.25, -0.2) is 0 Å². The summed E-state index contributed by atoms with van der Waals surface area (Å²) in [5.74, 6) is 1.38. The monoisotopic (exact) mass is 324 g/mol. The molecule has 1 amide bonds. The van der Waals surface area contributed by atoms with Crippen molar-refractivity contribution in [1.82, 2.24) is 15.1 Å². The zero-order valence-electron chi connectivity index (χ0n) is 14.5. The number of carbonyl (C=O) groups excluding carboxylic acids is 1. The van der Waals surface area contributed by atoms with E-state index in [1.807, 2.05) is 19.9 Å². The zero-order valence-corrected chi connectivity index (χ0v) is 15.3. The Hall–Kier alpha value is -1.14. The summed E-state index contributed by atoms with van der Waals surface area (Å²) in [7, 11) is 0. The van der Waals surface area contributed by atoms with E-state index < -0.39 is 0 Å². The number of nitrogens with zero attached hydrogens (tertiary/aromatic N) is 3. The fourth-order valence-electron chi connectivity index (χ4n) is 2.10. The van der Waals surface area contributed by atoms with Crippen molar-refractivity contribution in [2.45, 2.75) is 58.7 Å². The Bertz CT molecular complexity index is 452. The van der Waals surface area contributed by atoms with Crippen LogP contribution in [0, 0.1) is 5.92 Å². The third-order valence-electron chi connectivity index (χ3n) is 3.34. The number of amides is 1. The second-order valence-electron chi connectivity index (χ2n) is 6.17. The van der Waals surface area contributed by atoms with E-state index in [0.29, 0.717) is 17.9 Å². The summed E-state index contributed by atoms with van der Waals surface area (Å²) in [6, 6.07) is 4.79. The van der Waals surface area contributed by atoms with Gasteiger partial charge in [0.05, 0.1) is 0 Å². The van der Waals surface area contributed by atoms with Gasteiger partial charge in [0.25, 0.3) is 0 Å². The summed E-state index contributed by atoms with van der Waals surface area (Å²) in [5, 5.41) is 11.8. The molecule has 0 aliphatic carbocycles. The number of hydrogen-bond acceptors (Lipinski definition) is 5. The van der Waals surface area contributed by atoms with Crippen LogP contribution in [-0.2, 0) is 4.79 Å². The second kappa shape index (κ2) is 9.10. The zero-order chi connectivity index (χ0) is 16.7. The Balaban J connectivity index is 2.46. The molecule has 0 bridgehead atoms. The standard InChI is InChI=1S/C16H28N4OS/c1-11(2)16(21)17-14-7-8-15(19-18-14)22-10-9-20(12(3)4)13(5)6/h7-8,11-13H,9-10H2,1-6H3,(H,17,18,21). The second-order valence-corrected chi connectivity index (χ2v) is 7.29.